The molecule has 25 heavy (non-hydrogen) atoms. The number of likely N-dealkylation sites (tertiary alicyclic amines) is 1. The molecule has 0 saturated carbocycles. The number of hydrazine groups is 1. The molecule has 3 unspecified atom stereocenters. The average Bonchev–Trinajstić information content (AvgIpc) is 3.18. The van der Waals surface area contributed by atoms with Crippen LogP contribution in [-0.2, 0) is 4.79 Å². The summed E-state index contributed by atoms with van der Waals surface area (Å²) in [7, 11) is 0. The number of nitrogens with zero attached hydrogens (tertiary/aromatic N) is 1. The lowest BCUT2D eigenvalue weighted by molar-refractivity contribution is -0.162. The minimum atomic E-state index is -4.48. The summed E-state index contributed by atoms with van der Waals surface area (Å²) in [5.41, 5.74) is 7.36. The summed E-state index contributed by atoms with van der Waals surface area (Å²) in [6, 6.07) is 5.61. The van der Waals surface area contributed by atoms with Crippen molar-refractivity contribution in [3.63, 3.8) is 0 Å². The van der Waals surface area contributed by atoms with Gasteiger partial charge in [-0.2, -0.15) is 13.2 Å². The lowest BCUT2D eigenvalue weighted by Crippen LogP contribution is -2.48. The summed E-state index contributed by atoms with van der Waals surface area (Å²) in [6.07, 6.45) is -5.26. The van der Waals surface area contributed by atoms with Crippen LogP contribution in [0.3, 0.4) is 0 Å². The predicted octanol–water partition coefficient (Wildman–Crippen LogP) is 1.73. The number of fused-ring (bicyclic) bond motifs is 2. The first-order chi connectivity index (χ1) is 11.9. The van der Waals surface area contributed by atoms with Crippen LogP contribution in [0.5, 0.6) is 11.5 Å². The Hall–Kier alpha value is -2.00. The van der Waals surface area contributed by atoms with E-state index in [0.29, 0.717) is 31.0 Å². The van der Waals surface area contributed by atoms with Crippen molar-refractivity contribution in [2.24, 2.45) is 5.92 Å². The Morgan fingerprint density at radius 3 is 2.84 bits per heavy atom. The smallest absolute Gasteiger partial charge is 0.397 e. The van der Waals surface area contributed by atoms with Gasteiger partial charge in [-0.05, 0) is 24.1 Å². The zero-order valence-corrected chi connectivity index (χ0v) is 13.3. The monoisotopic (exact) mass is 357 g/mol. The number of alkyl halides is 3. The normalized spacial score (nSPS) is 28.1. The number of halogens is 3. The second-order valence-electron chi connectivity index (χ2n) is 6.57. The summed E-state index contributed by atoms with van der Waals surface area (Å²) in [5, 5.41) is 0. The van der Waals surface area contributed by atoms with Crippen molar-refractivity contribution in [1.82, 2.24) is 15.8 Å². The maximum absolute atomic E-state index is 12.5. The van der Waals surface area contributed by atoms with Crippen LogP contribution in [0.2, 0.25) is 0 Å². The molecule has 9 heteroatoms. The van der Waals surface area contributed by atoms with E-state index < -0.39 is 18.5 Å². The fourth-order valence-electron chi connectivity index (χ4n) is 3.75. The highest BCUT2D eigenvalue weighted by Crippen LogP contribution is 2.39. The first-order valence-corrected chi connectivity index (χ1v) is 8.16. The number of nitrogens with one attached hydrogen (secondary N) is 2. The molecule has 6 nitrogen and oxygen atoms in total. The SMILES string of the molecule is O=C(CC(F)(F)F)N1CCC2NNC(c3ccc4c(c3)OCO4)C2C1. The number of piperidine rings is 1. The lowest BCUT2D eigenvalue weighted by atomic mass is 9.85. The Bertz CT molecular complexity index is 682. The predicted molar refractivity (Wildman–Crippen MR) is 80.7 cm³/mol. The zero-order chi connectivity index (χ0) is 17.6. The fraction of sp³-hybridized carbons (Fsp3) is 0.562. The Morgan fingerprint density at radius 2 is 2.04 bits per heavy atom. The van der Waals surface area contributed by atoms with Gasteiger partial charge >= 0.3 is 6.18 Å². The number of hydrogen-bond donors (Lipinski definition) is 2. The van der Waals surface area contributed by atoms with Crippen LogP contribution < -0.4 is 20.3 Å². The van der Waals surface area contributed by atoms with Crippen molar-refractivity contribution in [2.75, 3.05) is 19.9 Å². The number of carbonyl (C=O) groups excluding carboxylic acids is 1. The largest absolute Gasteiger partial charge is 0.454 e. The zero-order valence-electron chi connectivity index (χ0n) is 13.3. The third kappa shape index (κ3) is 3.25. The second kappa shape index (κ2) is 6.06. The number of benzene rings is 1. The molecule has 0 aliphatic carbocycles. The molecular formula is C16H18F3N3O3. The van der Waals surface area contributed by atoms with Crippen molar-refractivity contribution in [3.8, 4) is 11.5 Å². The highest BCUT2D eigenvalue weighted by Gasteiger charge is 2.43. The van der Waals surface area contributed by atoms with Crippen LogP contribution in [0, 0.1) is 5.92 Å². The van der Waals surface area contributed by atoms with Gasteiger partial charge in [0.1, 0.15) is 6.42 Å². The Labute approximate surface area is 142 Å². The minimum absolute atomic E-state index is 0.00805. The molecule has 1 amide bonds. The van der Waals surface area contributed by atoms with E-state index in [1.54, 1.807) is 0 Å². The van der Waals surface area contributed by atoms with Crippen LogP contribution >= 0.6 is 0 Å². The van der Waals surface area contributed by atoms with Crippen molar-refractivity contribution < 1.29 is 27.4 Å². The van der Waals surface area contributed by atoms with Gasteiger partial charge in [-0.3, -0.25) is 10.2 Å². The highest BCUT2D eigenvalue weighted by atomic mass is 19.4. The molecule has 1 aromatic carbocycles. The Morgan fingerprint density at radius 1 is 1.24 bits per heavy atom. The fourth-order valence-corrected chi connectivity index (χ4v) is 3.75. The molecule has 0 aromatic heterocycles. The van der Waals surface area contributed by atoms with E-state index in [0.717, 1.165) is 5.56 Å². The van der Waals surface area contributed by atoms with E-state index in [2.05, 4.69) is 10.9 Å². The van der Waals surface area contributed by atoms with Crippen molar-refractivity contribution in [2.45, 2.75) is 31.1 Å². The van der Waals surface area contributed by atoms with E-state index in [1.165, 1.54) is 4.90 Å². The van der Waals surface area contributed by atoms with Crippen molar-refractivity contribution >= 4 is 5.91 Å². The molecule has 0 radical (unpaired) electrons. The van der Waals surface area contributed by atoms with E-state index in [9.17, 15) is 18.0 Å². The van der Waals surface area contributed by atoms with Gasteiger partial charge in [-0.15, -0.1) is 0 Å². The van der Waals surface area contributed by atoms with Gasteiger partial charge < -0.3 is 14.4 Å². The number of hydrogen-bond acceptors (Lipinski definition) is 5. The number of ether oxygens (including phenoxy) is 2. The summed E-state index contributed by atoms with van der Waals surface area (Å²) in [6.45, 7) is 0.804. The van der Waals surface area contributed by atoms with Crippen molar-refractivity contribution in [1.29, 1.82) is 0 Å². The molecular weight excluding hydrogens is 339 g/mol. The first-order valence-electron chi connectivity index (χ1n) is 8.16. The molecule has 0 bridgehead atoms. The van der Waals surface area contributed by atoms with Crippen LogP contribution in [0.4, 0.5) is 13.2 Å². The van der Waals surface area contributed by atoms with Gasteiger partial charge in [-0.1, -0.05) is 6.07 Å². The molecule has 0 spiro atoms. The minimum Gasteiger partial charge on any atom is -0.454 e. The molecule has 2 N–H and O–H groups in total. The summed E-state index contributed by atoms with van der Waals surface area (Å²) < 4.78 is 48.2. The van der Waals surface area contributed by atoms with E-state index in [-0.39, 0.29) is 24.8 Å². The van der Waals surface area contributed by atoms with E-state index in [1.807, 2.05) is 18.2 Å². The Kier molecular flexibility index (Phi) is 3.99. The summed E-state index contributed by atoms with van der Waals surface area (Å²) in [4.78, 5) is 13.3. The molecule has 1 aromatic rings. The van der Waals surface area contributed by atoms with Crippen LogP contribution in [0.15, 0.2) is 18.2 Å². The molecule has 3 aliphatic heterocycles. The maximum atomic E-state index is 12.5. The second-order valence-corrected chi connectivity index (χ2v) is 6.57. The van der Waals surface area contributed by atoms with E-state index >= 15 is 0 Å². The molecule has 3 aliphatic rings. The number of carbonyl (C=O) groups is 1. The van der Waals surface area contributed by atoms with Gasteiger partial charge in [0.05, 0.1) is 6.04 Å². The summed E-state index contributed by atoms with van der Waals surface area (Å²) >= 11 is 0. The standard InChI is InChI=1S/C16H18F3N3O3/c17-16(18,19)6-14(23)22-4-3-11-10(7-22)15(21-20-11)9-1-2-12-13(5-9)25-8-24-12/h1-2,5,10-11,15,20-21H,3-4,6-8H2. The van der Waals surface area contributed by atoms with Gasteiger partial charge in [-0.25, -0.2) is 5.43 Å². The van der Waals surface area contributed by atoms with Crippen LogP contribution in [0.1, 0.15) is 24.4 Å². The maximum Gasteiger partial charge on any atom is 0.397 e. The van der Waals surface area contributed by atoms with Gasteiger partial charge in [0.2, 0.25) is 12.7 Å². The molecule has 3 atom stereocenters. The van der Waals surface area contributed by atoms with Crippen LogP contribution in [0.25, 0.3) is 0 Å². The van der Waals surface area contributed by atoms with Crippen LogP contribution in [-0.4, -0.2) is 42.9 Å². The number of amides is 1. The molecule has 2 fully saturated rings. The molecule has 136 valence electrons. The highest BCUT2D eigenvalue weighted by molar-refractivity contribution is 5.77. The third-order valence-electron chi connectivity index (χ3n) is 4.97. The van der Waals surface area contributed by atoms with Gasteiger partial charge in [0.15, 0.2) is 11.5 Å². The van der Waals surface area contributed by atoms with Gasteiger partial charge in [0.25, 0.3) is 0 Å². The molecule has 4 rings (SSSR count). The summed E-state index contributed by atoms with van der Waals surface area (Å²) in [5.74, 6) is 0.467. The Balaban J connectivity index is 1.49. The van der Waals surface area contributed by atoms with Crippen molar-refractivity contribution in [3.05, 3.63) is 23.8 Å². The first kappa shape index (κ1) is 16.5. The quantitative estimate of drug-likeness (QED) is 0.844. The topological polar surface area (TPSA) is 62.8 Å². The van der Waals surface area contributed by atoms with E-state index in [4.69, 9.17) is 9.47 Å². The third-order valence-corrected chi connectivity index (χ3v) is 4.97. The number of rotatable bonds is 2. The molecule has 2 saturated heterocycles. The lowest BCUT2D eigenvalue weighted by Gasteiger charge is -2.36. The molecule has 3 heterocycles. The average molecular weight is 357 g/mol. The van der Waals surface area contributed by atoms with Gasteiger partial charge in [0, 0.05) is 25.0 Å².